The Morgan fingerprint density at radius 2 is 2.29 bits per heavy atom. The number of nitrogens with zero attached hydrogens (tertiary/aromatic N) is 3. The van der Waals surface area contributed by atoms with Gasteiger partial charge in [0.25, 0.3) is 0 Å². The SMILES string of the molecule is CCOc1cncc(C(N)c2nccn2C)c1. The Morgan fingerprint density at radius 3 is 2.94 bits per heavy atom. The minimum Gasteiger partial charge on any atom is -0.492 e. The highest BCUT2D eigenvalue weighted by molar-refractivity contribution is 5.29. The highest BCUT2D eigenvalue weighted by Gasteiger charge is 2.14. The summed E-state index contributed by atoms with van der Waals surface area (Å²) in [6, 6.07) is 1.61. The van der Waals surface area contributed by atoms with Gasteiger partial charge in [-0.3, -0.25) is 4.98 Å². The number of imidazole rings is 1. The molecule has 1 atom stereocenters. The Balaban J connectivity index is 2.28. The van der Waals surface area contributed by atoms with Gasteiger partial charge in [0.1, 0.15) is 11.6 Å². The molecule has 2 aromatic rings. The summed E-state index contributed by atoms with van der Waals surface area (Å²) in [5.74, 6) is 1.54. The minimum atomic E-state index is -0.289. The van der Waals surface area contributed by atoms with Crippen molar-refractivity contribution in [2.24, 2.45) is 12.8 Å². The van der Waals surface area contributed by atoms with E-state index in [1.165, 1.54) is 0 Å². The van der Waals surface area contributed by atoms with Crippen LogP contribution in [-0.2, 0) is 7.05 Å². The Bertz CT molecular complexity index is 495. The molecule has 0 aliphatic heterocycles. The van der Waals surface area contributed by atoms with Gasteiger partial charge in [-0.05, 0) is 18.6 Å². The number of hydrogen-bond donors (Lipinski definition) is 1. The molecular formula is C12H16N4O. The van der Waals surface area contributed by atoms with Crippen LogP contribution in [0.4, 0.5) is 0 Å². The zero-order chi connectivity index (χ0) is 12.3. The lowest BCUT2D eigenvalue weighted by Gasteiger charge is -2.12. The molecule has 2 N–H and O–H groups in total. The quantitative estimate of drug-likeness (QED) is 0.861. The topological polar surface area (TPSA) is 66.0 Å². The third-order valence-electron chi connectivity index (χ3n) is 2.54. The van der Waals surface area contributed by atoms with E-state index in [1.807, 2.05) is 30.8 Å². The summed E-state index contributed by atoms with van der Waals surface area (Å²) in [5, 5.41) is 0. The number of nitrogens with two attached hydrogens (primary N) is 1. The fourth-order valence-electron chi connectivity index (χ4n) is 1.68. The first-order valence-corrected chi connectivity index (χ1v) is 5.53. The summed E-state index contributed by atoms with van der Waals surface area (Å²) in [5.41, 5.74) is 7.04. The Morgan fingerprint density at radius 1 is 1.47 bits per heavy atom. The van der Waals surface area contributed by atoms with Gasteiger partial charge in [-0.2, -0.15) is 0 Å². The van der Waals surface area contributed by atoms with Crippen molar-refractivity contribution in [2.75, 3.05) is 6.61 Å². The summed E-state index contributed by atoms with van der Waals surface area (Å²) in [7, 11) is 1.92. The van der Waals surface area contributed by atoms with Gasteiger partial charge < -0.3 is 15.0 Å². The average Bonchev–Trinajstić information content (AvgIpc) is 2.75. The van der Waals surface area contributed by atoms with Crippen LogP contribution >= 0.6 is 0 Å². The maximum Gasteiger partial charge on any atom is 0.137 e. The summed E-state index contributed by atoms with van der Waals surface area (Å²) >= 11 is 0. The second-order valence-corrected chi connectivity index (χ2v) is 3.76. The molecule has 0 aromatic carbocycles. The smallest absolute Gasteiger partial charge is 0.137 e. The maximum absolute atomic E-state index is 6.15. The zero-order valence-electron chi connectivity index (χ0n) is 10.00. The molecule has 0 bridgehead atoms. The van der Waals surface area contributed by atoms with E-state index in [-0.39, 0.29) is 6.04 Å². The van der Waals surface area contributed by atoms with Crippen LogP contribution < -0.4 is 10.5 Å². The molecule has 5 heteroatoms. The monoisotopic (exact) mass is 232 g/mol. The van der Waals surface area contributed by atoms with Crippen LogP contribution in [-0.4, -0.2) is 21.1 Å². The molecule has 0 saturated heterocycles. The van der Waals surface area contributed by atoms with Gasteiger partial charge in [-0.15, -0.1) is 0 Å². The van der Waals surface area contributed by atoms with Gasteiger partial charge in [0.2, 0.25) is 0 Å². The number of rotatable bonds is 4. The van der Waals surface area contributed by atoms with Crippen molar-refractivity contribution in [1.29, 1.82) is 0 Å². The summed E-state index contributed by atoms with van der Waals surface area (Å²) in [6.45, 7) is 2.55. The molecule has 0 aliphatic rings. The van der Waals surface area contributed by atoms with E-state index in [0.29, 0.717) is 6.61 Å². The second kappa shape index (κ2) is 4.97. The van der Waals surface area contributed by atoms with Crippen LogP contribution in [0.15, 0.2) is 30.9 Å². The fraction of sp³-hybridized carbons (Fsp3) is 0.333. The number of aromatic nitrogens is 3. The molecule has 1 unspecified atom stereocenters. The Kier molecular flexibility index (Phi) is 3.39. The van der Waals surface area contributed by atoms with E-state index in [9.17, 15) is 0 Å². The summed E-state index contributed by atoms with van der Waals surface area (Å²) in [6.07, 6.45) is 7.02. The lowest BCUT2D eigenvalue weighted by atomic mass is 10.1. The highest BCUT2D eigenvalue weighted by Crippen LogP contribution is 2.20. The number of aryl methyl sites for hydroxylation is 1. The van der Waals surface area contributed by atoms with Crippen LogP contribution in [0.5, 0.6) is 5.75 Å². The van der Waals surface area contributed by atoms with E-state index >= 15 is 0 Å². The second-order valence-electron chi connectivity index (χ2n) is 3.76. The van der Waals surface area contributed by atoms with Gasteiger partial charge in [-0.25, -0.2) is 4.98 Å². The molecule has 5 nitrogen and oxygen atoms in total. The van der Waals surface area contributed by atoms with E-state index in [4.69, 9.17) is 10.5 Å². The number of hydrogen-bond acceptors (Lipinski definition) is 4. The van der Waals surface area contributed by atoms with Crippen molar-refractivity contribution >= 4 is 0 Å². The first-order chi connectivity index (χ1) is 8.22. The molecule has 90 valence electrons. The van der Waals surface area contributed by atoms with Crippen LogP contribution in [0.25, 0.3) is 0 Å². The van der Waals surface area contributed by atoms with Crippen LogP contribution in [0, 0.1) is 0 Å². The summed E-state index contributed by atoms with van der Waals surface area (Å²) < 4.78 is 7.30. The zero-order valence-corrected chi connectivity index (χ0v) is 10.00. The molecule has 0 fully saturated rings. The van der Waals surface area contributed by atoms with Gasteiger partial charge in [0, 0.05) is 25.6 Å². The Hall–Kier alpha value is -1.88. The molecule has 2 rings (SSSR count). The van der Waals surface area contributed by atoms with Gasteiger partial charge >= 0.3 is 0 Å². The summed E-state index contributed by atoms with van der Waals surface area (Å²) in [4.78, 5) is 8.36. The van der Waals surface area contributed by atoms with Gasteiger partial charge in [0.15, 0.2) is 0 Å². The molecule has 0 saturated carbocycles. The van der Waals surface area contributed by atoms with Gasteiger partial charge in [0.05, 0.1) is 18.8 Å². The number of pyridine rings is 1. The molecule has 0 radical (unpaired) electrons. The molecule has 17 heavy (non-hydrogen) atoms. The van der Waals surface area contributed by atoms with Crippen LogP contribution in [0.3, 0.4) is 0 Å². The average molecular weight is 232 g/mol. The largest absolute Gasteiger partial charge is 0.492 e. The van der Waals surface area contributed by atoms with Crippen molar-refractivity contribution in [3.05, 3.63) is 42.2 Å². The minimum absolute atomic E-state index is 0.289. The molecule has 2 heterocycles. The molecule has 2 aromatic heterocycles. The first-order valence-electron chi connectivity index (χ1n) is 5.53. The Labute approximate surface area is 100 Å². The third kappa shape index (κ3) is 2.45. The third-order valence-corrected chi connectivity index (χ3v) is 2.54. The van der Waals surface area contributed by atoms with E-state index in [0.717, 1.165) is 17.1 Å². The maximum atomic E-state index is 6.15. The lowest BCUT2D eigenvalue weighted by Crippen LogP contribution is -2.16. The normalized spacial score (nSPS) is 12.4. The van der Waals surface area contributed by atoms with E-state index in [1.54, 1.807) is 18.6 Å². The molecule has 0 spiro atoms. The van der Waals surface area contributed by atoms with Crippen molar-refractivity contribution in [1.82, 2.24) is 14.5 Å². The van der Waals surface area contributed by atoms with Gasteiger partial charge in [-0.1, -0.05) is 0 Å². The van der Waals surface area contributed by atoms with E-state index in [2.05, 4.69) is 9.97 Å². The van der Waals surface area contributed by atoms with Crippen molar-refractivity contribution in [3.8, 4) is 5.75 Å². The predicted octanol–water partition coefficient (Wildman–Crippen LogP) is 1.26. The predicted molar refractivity (Wildman–Crippen MR) is 64.6 cm³/mol. The van der Waals surface area contributed by atoms with Crippen LogP contribution in [0.2, 0.25) is 0 Å². The first kappa shape index (κ1) is 11.6. The van der Waals surface area contributed by atoms with Crippen LogP contribution in [0.1, 0.15) is 24.4 Å². The van der Waals surface area contributed by atoms with Crippen molar-refractivity contribution in [2.45, 2.75) is 13.0 Å². The fourth-order valence-corrected chi connectivity index (χ4v) is 1.68. The van der Waals surface area contributed by atoms with Crippen molar-refractivity contribution < 1.29 is 4.74 Å². The lowest BCUT2D eigenvalue weighted by molar-refractivity contribution is 0.338. The standard InChI is InChI=1S/C12H16N4O/c1-3-17-10-6-9(7-14-8-10)11(13)12-15-4-5-16(12)2/h4-8,11H,3,13H2,1-2H3. The molecule has 0 aliphatic carbocycles. The molecule has 0 amide bonds. The highest BCUT2D eigenvalue weighted by atomic mass is 16.5. The van der Waals surface area contributed by atoms with Crippen molar-refractivity contribution in [3.63, 3.8) is 0 Å². The van der Waals surface area contributed by atoms with E-state index < -0.39 is 0 Å². The molecular weight excluding hydrogens is 216 g/mol. The number of ether oxygens (including phenoxy) is 1.